The molecule has 4 nitrogen and oxygen atoms in total. The van der Waals surface area contributed by atoms with Gasteiger partial charge in [0.05, 0.1) is 5.69 Å². The molecule has 3 atom stereocenters. The van der Waals surface area contributed by atoms with Crippen molar-refractivity contribution in [1.29, 1.82) is 0 Å². The molecule has 1 saturated heterocycles. The van der Waals surface area contributed by atoms with Crippen LogP contribution in [0.15, 0.2) is 28.7 Å². The second-order valence-corrected chi connectivity index (χ2v) is 8.06. The molecule has 0 radical (unpaired) electrons. The summed E-state index contributed by atoms with van der Waals surface area (Å²) in [7, 11) is 0. The molecule has 5 heteroatoms. The van der Waals surface area contributed by atoms with E-state index >= 15 is 0 Å². The van der Waals surface area contributed by atoms with Crippen molar-refractivity contribution in [2.75, 3.05) is 11.4 Å². The summed E-state index contributed by atoms with van der Waals surface area (Å²) in [5.74, 6) is 0.219. The van der Waals surface area contributed by atoms with Crippen LogP contribution in [0.4, 0.5) is 5.69 Å². The second-order valence-electron chi connectivity index (χ2n) is 7.20. The Kier molecular flexibility index (Phi) is 5.28. The van der Waals surface area contributed by atoms with Crippen molar-refractivity contribution in [2.24, 2.45) is 17.8 Å². The number of carbonyl (C=O) groups excluding carboxylic acids is 2. The van der Waals surface area contributed by atoms with E-state index in [9.17, 15) is 9.59 Å². The molecule has 130 valence electrons. The van der Waals surface area contributed by atoms with Crippen LogP contribution in [-0.2, 0) is 9.59 Å². The highest BCUT2D eigenvalue weighted by Gasteiger charge is 2.40. The van der Waals surface area contributed by atoms with Crippen LogP contribution >= 0.6 is 15.9 Å². The van der Waals surface area contributed by atoms with Crippen molar-refractivity contribution in [3.63, 3.8) is 0 Å². The summed E-state index contributed by atoms with van der Waals surface area (Å²) in [4.78, 5) is 27.2. The van der Waals surface area contributed by atoms with Crippen LogP contribution in [0.25, 0.3) is 0 Å². The molecule has 3 unspecified atom stereocenters. The number of anilines is 1. The zero-order chi connectivity index (χ0) is 17.3. The summed E-state index contributed by atoms with van der Waals surface area (Å²) in [5, 5.41) is 3.18. The van der Waals surface area contributed by atoms with E-state index in [0.29, 0.717) is 24.8 Å². The molecule has 0 spiro atoms. The van der Waals surface area contributed by atoms with Crippen LogP contribution in [0.1, 0.15) is 39.5 Å². The first-order chi connectivity index (χ1) is 11.5. The molecule has 1 heterocycles. The SMILES string of the molecule is CC1CCCC(C)C1NC(=O)C1CCN(c2ccccc2Br)C1=O. The van der Waals surface area contributed by atoms with Crippen molar-refractivity contribution in [3.05, 3.63) is 28.7 Å². The van der Waals surface area contributed by atoms with Crippen LogP contribution in [0, 0.1) is 17.8 Å². The predicted octanol–water partition coefficient (Wildman–Crippen LogP) is 3.74. The number of rotatable bonds is 3. The van der Waals surface area contributed by atoms with Crippen LogP contribution in [-0.4, -0.2) is 24.4 Å². The molecule has 3 rings (SSSR count). The fourth-order valence-electron chi connectivity index (χ4n) is 4.06. The average Bonchev–Trinajstić information content (AvgIpc) is 2.93. The van der Waals surface area contributed by atoms with Gasteiger partial charge in [0, 0.05) is 17.1 Å². The maximum Gasteiger partial charge on any atom is 0.239 e. The van der Waals surface area contributed by atoms with E-state index in [4.69, 9.17) is 0 Å². The Balaban J connectivity index is 1.69. The van der Waals surface area contributed by atoms with Crippen LogP contribution in [0.3, 0.4) is 0 Å². The van der Waals surface area contributed by atoms with Crippen LogP contribution in [0.5, 0.6) is 0 Å². The van der Waals surface area contributed by atoms with E-state index in [0.717, 1.165) is 23.0 Å². The third kappa shape index (κ3) is 3.37. The number of nitrogens with one attached hydrogen (secondary N) is 1. The maximum atomic E-state index is 12.7. The minimum absolute atomic E-state index is 0.0875. The van der Waals surface area contributed by atoms with Crippen LogP contribution in [0.2, 0.25) is 0 Å². The number of carbonyl (C=O) groups is 2. The smallest absolute Gasteiger partial charge is 0.239 e. The number of amides is 2. The summed E-state index contributed by atoms with van der Waals surface area (Å²) in [6.45, 7) is 4.99. The van der Waals surface area contributed by atoms with E-state index in [1.807, 2.05) is 24.3 Å². The van der Waals surface area contributed by atoms with Crippen molar-refractivity contribution < 1.29 is 9.59 Å². The highest BCUT2D eigenvalue weighted by atomic mass is 79.9. The molecule has 1 aliphatic heterocycles. The standard InChI is InChI=1S/C19H25BrN2O2/c1-12-6-5-7-13(2)17(12)21-18(23)14-10-11-22(19(14)24)16-9-4-3-8-15(16)20/h3-4,8-9,12-14,17H,5-7,10-11H2,1-2H3,(H,21,23). The Morgan fingerprint density at radius 2 is 1.83 bits per heavy atom. The monoisotopic (exact) mass is 392 g/mol. The first-order valence-corrected chi connectivity index (χ1v) is 9.64. The number of benzene rings is 1. The van der Waals surface area contributed by atoms with Gasteiger partial charge >= 0.3 is 0 Å². The lowest BCUT2D eigenvalue weighted by Crippen LogP contribution is -2.49. The number of hydrogen-bond donors (Lipinski definition) is 1. The van der Waals surface area contributed by atoms with Crippen LogP contribution < -0.4 is 10.2 Å². The summed E-state index contributed by atoms with van der Waals surface area (Å²) >= 11 is 3.49. The largest absolute Gasteiger partial charge is 0.352 e. The van der Waals surface area contributed by atoms with Gasteiger partial charge in [-0.1, -0.05) is 32.4 Å². The Morgan fingerprint density at radius 3 is 2.50 bits per heavy atom. The van der Waals surface area contributed by atoms with Gasteiger partial charge in [-0.25, -0.2) is 0 Å². The summed E-state index contributed by atoms with van der Waals surface area (Å²) in [6.07, 6.45) is 4.11. The highest BCUT2D eigenvalue weighted by Crippen LogP contribution is 2.33. The van der Waals surface area contributed by atoms with E-state index in [1.165, 1.54) is 6.42 Å². The third-order valence-electron chi connectivity index (χ3n) is 5.52. The fourth-order valence-corrected chi connectivity index (χ4v) is 4.56. The Hall–Kier alpha value is -1.36. The Bertz CT molecular complexity index is 624. The molecule has 0 bridgehead atoms. The summed E-state index contributed by atoms with van der Waals surface area (Å²) in [6, 6.07) is 7.85. The van der Waals surface area contributed by atoms with Crippen molar-refractivity contribution in [2.45, 2.75) is 45.6 Å². The molecular formula is C19H25BrN2O2. The van der Waals surface area contributed by atoms with E-state index in [2.05, 4.69) is 35.1 Å². The van der Waals surface area contributed by atoms with Gasteiger partial charge in [0.15, 0.2) is 0 Å². The maximum absolute atomic E-state index is 12.7. The molecule has 1 saturated carbocycles. The molecule has 0 aromatic heterocycles. The summed E-state index contributed by atoms with van der Waals surface area (Å²) < 4.78 is 0.883. The lowest BCUT2D eigenvalue weighted by molar-refractivity contribution is -0.133. The zero-order valence-electron chi connectivity index (χ0n) is 14.3. The third-order valence-corrected chi connectivity index (χ3v) is 6.19. The predicted molar refractivity (Wildman–Crippen MR) is 98.7 cm³/mol. The lowest BCUT2D eigenvalue weighted by atomic mass is 9.78. The van der Waals surface area contributed by atoms with E-state index < -0.39 is 5.92 Å². The van der Waals surface area contributed by atoms with Gasteiger partial charge < -0.3 is 10.2 Å². The van der Waals surface area contributed by atoms with Gasteiger partial charge in [-0.2, -0.15) is 0 Å². The van der Waals surface area contributed by atoms with Crippen molar-refractivity contribution in [3.8, 4) is 0 Å². The van der Waals surface area contributed by atoms with E-state index in [-0.39, 0.29) is 17.9 Å². The Labute approximate surface area is 152 Å². The minimum atomic E-state index is -0.557. The first-order valence-electron chi connectivity index (χ1n) is 8.85. The molecule has 2 aliphatic rings. The molecule has 2 fully saturated rings. The van der Waals surface area contributed by atoms with Gasteiger partial charge in [0.25, 0.3) is 0 Å². The lowest BCUT2D eigenvalue weighted by Gasteiger charge is -2.35. The van der Waals surface area contributed by atoms with Gasteiger partial charge in [-0.15, -0.1) is 0 Å². The second kappa shape index (κ2) is 7.26. The Morgan fingerprint density at radius 1 is 1.17 bits per heavy atom. The van der Waals surface area contributed by atoms with Crippen molar-refractivity contribution in [1.82, 2.24) is 5.32 Å². The normalized spacial score (nSPS) is 30.5. The minimum Gasteiger partial charge on any atom is -0.352 e. The van der Waals surface area contributed by atoms with Crippen molar-refractivity contribution >= 4 is 33.4 Å². The molecule has 1 aliphatic carbocycles. The molecule has 1 aromatic carbocycles. The fraction of sp³-hybridized carbons (Fsp3) is 0.579. The van der Waals surface area contributed by atoms with E-state index in [1.54, 1.807) is 4.90 Å². The highest BCUT2D eigenvalue weighted by molar-refractivity contribution is 9.10. The average molecular weight is 393 g/mol. The number of para-hydroxylation sites is 1. The van der Waals surface area contributed by atoms with Gasteiger partial charge in [-0.3, -0.25) is 9.59 Å². The molecule has 1 N–H and O–H groups in total. The zero-order valence-corrected chi connectivity index (χ0v) is 15.9. The quantitative estimate of drug-likeness (QED) is 0.796. The number of hydrogen-bond acceptors (Lipinski definition) is 2. The molecular weight excluding hydrogens is 368 g/mol. The molecule has 24 heavy (non-hydrogen) atoms. The first kappa shape index (κ1) is 17.5. The topological polar surface area (TPSA) is 49.4 Å². The summed E-state index contributed by atoms with van der Waals surface area (Å²) in [5.41, 5.74) is 0.845. The van der Waals surface area contributed by atoms with Gasteiger partial charge in [0.2, 0.25) is 11.8 Å². The number of halogens is 1. The van der Waals surface area contributed by atoms with Gasteiger partial charge in [-0.05, 0) is 59.2 Å². The molecule has 1 aromatic rings. The molecule has 2 amide bonds. The number of nitrogens with zero attached hydrogens (tertiary/aromatic N) is 1. The van der Waals surface area contributed by atoms with Gasteiger partial charge in [0.1, 0.15) is 5.92 Å².